The molecule has 0 aliphatic carbocycles. The Hall–Kier alpha value is -1.09. The fraction of sp³-hybridized carbons (Fsp3) is 0.538. The normalized spacial score (nSPS) is 20.8. The molecule has 1 fully saturated rings. The van der Waals surface area contributed by atoms with Crippen molar-refractivity contribution in [3.63, 3.8) is 0 Å². The molecule has 1 aliphatic heterocycles. The van der Waals surface area contributed by atoms with Gasteiger partial charge in [0.25, 0.3) is 0 Å². The minimum absolute atomic E-state index is 0.178. The summed E-state index contributed by atoms with van der Waals surface area (Å²) in [5.74, 6) is 0.375. The Morgan fingerprint density at radius 1 is 1.44 bits per heavy atom. The zero-order valence-electron chi connectivity index (χ0n) is 9.63. The molecule has 88 valence electrons. The fourth-order valence-electron chi connectivity index (χ4n) is 2.07. The van der Waals surface area contributed by atoms with E-state index in [0.717, 1.165) is 37.4 Å². The number of nitrogens with one attached hydrogen (secondary N) is 1. The van der Waals surface area contributed by atoms with Crippen molar-refractivity contribution in [1.29, 1.82) is 0 Å². The van der Waals surface area contributed by atoms with Crippen molar-refractivity contribution in [3.05, 3.63) is 29.6 Å². The van der Waals surface area contributed by atoms with E-state index in [9.17, 15) is 4.39 Å². The monoisotopic (exact) mass is 223 g/mol. The summed E-state index contributed by atoms with van der Waals surface area (Å²) in [7, 11) is 0. The van der Waals surface area contributed by atoms with E-state index >= 15 is 0 Å². The van der Waals surface area contributed by atoms with Crippen LogP contribution < -0.4 is 5.32 Å². The third-order valence-electron chi connectivity index (χ3n) is 2.89. The van der Waals surface area contributed by atoms with Crippen LogP contribution >= 0.6 is 0 Å². The smallest absolute Gasteiger partial charge is 0.125 e. The lowest BCUT2D eigenvalue weighted by Gasteiger charge is -2.22. The molecule has 1 aliphatic rings. The average Bonchev–Trinajstić information content (AvgIpc) is 2.27. The van der Waals surface area contributed by atoms with Gasteiger partial charge in [0.15, 0.2) is 0 Å². The molecule has 1 aromatic carbocycles. The number of rotatable bonds is 3. The Kier molecular flexibility index (Phi) is 3.78. The first-order chi connectivity index (χ1) is 7.74. The Bertz CT molecular complexity index is 328. The maximum absolute atomic E-state index is 13.1. The van der Waals surface area contributed by atoms with Crippen molar-refractivity contribution >= 4 is 5.69 Å². The molecule has 16 heavy (non-hydrogen) atoms. The third kappa shape index (κ3) is 3.20. The number of benzene rings is 1. The molecule has 0 aromatic heterocycles. The first kappa shape index (κ1) is 11.4. The summed E-state index contributed by atoms with van der Waals surface area (Å²) in [4.78, 5) is 0. The van der Waals surface area contributed by atoms with Gasteiger partial charge in [0.2, 0.25) is 0 Å². The van der Waals surface area contributed by atoms with E-state index in [-0.39, 0.29) is 5.82 Å². The molecule has 1 N–H and O–H groups in total. The molecular weight excluding hydrogens is 205 g/mol. The number of ether oxygens (including phenoxy) is 1. The summed E-state index contributed by atoms with van der Waals surface area (Å²) in [5.41, 5.74) is 1.81. The lowest BCUT2D eigenvalue weighted by atomic mass is 10.0. The highest BCUT2D eigenvalue weighted by molar-refractivity contribution is 5.45. The van der Waals surface area contributed by atoms with Gasteiger partial charge in [0.05, 0.1) is 6.61 Å². The van der Waals surface area contributed by atoms with Crippen LogP contribution in [0.15, 0.2) is 18.2 Å². The molecular formula is C13H18FNO. The molecule has 0 amide bonds. The Morgan fingerprint density at radius 2 is 2.31 bits per heavy atom. The van der Waals surface area contributed by atoms with Crippen LogP contribution in [0.4, 0.5) is 10.1 Å². The summed E-state index contributed by atoms with van der Waals surface area (Å²) in [6, 6.07) is 5.04. The predicted molar refractivity (Wildman–Crippen MR) is 63.2 cm³/mol. The van der Waals surface area contributed by atoms with E-state index in [1.54, 1.807) is 0 Å². The van der Waals surface area contributed by atoms with Crippen LogP contribution in [0.2, 0.25) is 0 Å². The Labute approximate surface area is 95.8 Å². The summed E-state index contributed by atoms with van der Waals surface area (Å²) in [6.45, 7) is 4.47. The highest BCUT2D eigenvalue weighted by atomic mass is 19.1. The molecule has 3 heteroatoms. The van der Waals surface area contributed by atoms with Crippen molar-refractivity contribution in [3.8, 4) is 0 Å². The first-order valence-corrected chi connectivity index (χ1v) is 5.83. The van der Waals surface area contributed by atoms with Gasteiger partial charge in [0, 0.05) is 18.8 Å². The molecule has 1 unspecified atom stereocenters. The van der Waals surface area contributed by atoms with Crippen molar-refractivity contribution in [2.75, 3.05) is 25.1 Å². The first-order valence-electron chi connectivity index (χ1n) is 5.83. The van der Waals surface area contributed by atoms with Crippen LogP contribution in [0.25, 0.3) is 0 Å². The third-order valence-corrected chi connectivity index (χ3v) is 2.89. The van der Waals surface area contributed by atoms with Gasteiger partial charge < -0.3 is 10.1 Å². The number of hydrogen-bond donors (Lipinski definition) is 1. The van der Waals surface area contributed by atoms with E-state index in [0.29, 0.717) is 5.92 Å². The predicted octanol–water partition coefficient (Wildman–Crippen LogP) is 2.97. The van der Waals surface area contributed by atoms with E-state index in [1.165, 1.54) is 18.6 Å². The zero-order valence-corrected chi connectivity index (χ0v) is 9.63. The Balaban J connectivity index is 1.88. The highest BCUT2D eigenvalue weighted by Gasteiger charge is 2.13. The Morgan fingerprint density at radius 3 is 3.00 bits per heavy atom. The average molecular weight is 223 g/mol. The van der Waals surface area contributed by atoms with Gasteiger partial charge in [-0.2, -0.15) is 0 Å². The van der Waals surface area contributed by atoms with Crippen molar-refractivity contribution in [2.24, 2.45) is 5.92 Å². The fourth-order valence-corrected chi connectivity index (χ4v) is 2.07. The van der Waals surface area contributed by atoms with E-state index < -0.39 is 0 Å². The second kappa shape index (κ2) is 5.30. The molecule has 0 spiro atoms. The molecule has 2 nitrogen and oxygen atoms in total. The van der Waals surface area contributed by atoms with Gasteiger partial charge in [-0.05, 0) is 49.4 Å². The quantitative estimate of drug-likeness (QED) is 0.850. The second-order valence-electron chi connectivity index (χ2n) is 4.48. The van der Waals surface area contributed by atoms with Gasteiger partial charge in [-0.3, -0.25) is 0 Å². The molecule has 0 bridgehead atoms. The summed E-state index contributed by atoms with van der Waals surface area (Å²) in [5, 5.41) is 3.28. The minimum atomic E-state index is -0.178. The van der Waals surface area contributed by atoms with Gasteiger partial charge in [0.1, 0.15) is 5.82 Å². The number of hydrogen-bond acceptors (Lipinski definition) is 2. The summed E-state index contributed by atoms with van der Waals surface area (Å²) in [6.07, 6.45) is 2.33. The highest BCUT2D eigenvalue weighted by Crippen LogP contribution is 2.17. The maximum atomic E-state index is 13.1. The van der Waals surface area contributed by atoms with E-state index in [4.69, 9.17) is 4.74 Å². The molecule has 0 radical (unpaired) electrons. The molecule has 1 saturated heterocycles. The van der Waals surface area contributed by atoms with Gasteiger partial charge in [-0.15, -0.1) is 0 Å². The summed E-state index contributed by atoms with van der Waals surface area (Å²) >= 11 is 0. The van der Waals surface area contributed by atoms with Crippen LogP contribution in [0.5, 0.6) is 0 Å². The number of halogens is 1. The van der Waals surface area contributed by atoms with Crippen LogP contribution in [0, 0.1) is 18.7 Å². The zero-order chi connectivity index (χ0) is 11.4. The largest absolute Gasteiger partial charge is 0.385 e. The van der Waals surface area contributed by atoms with Gasteiger partial charge >= 0.3 is 0 Å². The van der Waals surface area contributed by atoms with Crippen LogP contribution in [-0.4, -0.2) is 19.8 Å². The molecule has 2 rings (SSSR count). The second-order valence-corrected chi connectivity index (χ2v) is 4.48. The van der Waals surface area contributed by atoms with Crippen LogP contribution in [0.3, 0.4) is 0 Å². The van der Waals surface area contributed by atoms with Crippen molar-refractivity contribution in [1.82, 2.24) is 0 Å². The maximum Gasteiger partial charge on any atom is 0.125 e. The molecule has 0 saturated carbocycles. The van der Waals surface area contributed by atoms with Crippen molar-refractivity contribution in [2.45, 2.75) is 19.8 Å². The molecule has 1 atom stereocenters. The van der Waals surface area contributed by atoms with E-state index in [1.807, 2.05) is 13.0 Å². The van der Waals surface area contributed by atoms with Crippen LogP contribution in [0.1, 0.15) is 18.4 Å². The van der Waals surface area contributed by atoms with Gasteiger partial charge in [-0.1, -0.05) is 0 Å². The topological polar surface area (TPSA) is 21.3 Å². The SMILES string of the molecule is Cc1cc(F)cc(NCC2CCCOC2)c1. The van der Waals surface area contributed by atoms with Gasteiger partial charge in [-0.25, -0.2) is 4.39 Å². The summed E-state index contributed by atoms with van der Waals surface area (Å²) < 4.78 is 18.5. The number of aryl methyl sites for hydroxylation is 1. The molecule has 1 heterocycles. The number of anilines is 1. The van der Waals surface area contributed by atoms with Crippen molar-refractivity contribution < 1.29 is 9.13 Å². The lowest BCUT2D eigenvalue weighted by molar-refractivity contribution is 0.0595. The van der Waals surface area contributed by atoms with E-state index in [2.05, 4.69) is 5.32 Å². The molecule has 1 aromatic rings. The van der Waals surface area contributed by atoms with Crippen LogP contribution in [-0.2, 0) is 4.74 Å². The lowest BCUT2D eigenvalue weighted by Crippen LogP contribution is -2.24. The standard InChI is InChI=1S/C13H18FNO/c1-10-5-12(14)7-13(6-10)15-8-11-3-2-4-16-9-11/h5-7,11,15H,2-4,8-9H2,1H3. The minimum Gasteiger partial charge on any atom is -0.385 e.